The van der Waals surface area contributed by atoms with Gasteiger partial charge in [-0.3, -0.25) is 9.59 Å². The van der Waals surface area contributed by atoms with Crippen LogP contribution < -0.4 is 15.4 Å². The Kier molecular flexibility index (Phi) is 5.54. The minimum Gasteiger partial charge on any atom is -0.435 e. The number of amides is 2. The molecule has 0 bridgehead atoms. The molecule has 0 atom stereocenters. The summed E-state index contributed by atoms with van der Waals surface area (Å²) < 4.78 is 29.0. The van der Waals surface area contributed by atoms with Crippen molar-refractivity contribution >= 4 is 17.5 Å². The van der Waals surface area contributed by atoms with E-state index in [1.807, 2.05) is 12.1 Å². The van der Waals surface area contributed by atoms with Crippen molar-refractivity contribution in [1.82, 2.24) is 4.90 Å². The van der Waals surface area contributed by atoms with Crippen LogP contribution in [0.3, 0.4) is 0 Å². The first kappa shape index (κ1) is 18.6. The van der Waals surface area contributed by atoms with Gasteiger partial charge in [0.1, 0.15) is 5.75 Å². The van der Waals surface area contributed by atoms with E-state index in [9.17, 15) is 18.4 Å². The van der Waals surface area contributed by atoms with Crippen LogP contribution in [0.25, 0.3) is 0 Å². The molecule has 1 fully saturated rings. The summed E-state index contributed by atoms with van der Waals surface area (Å²) in [5.74, 6) is -0.738. The van der Waals surface area contributed by atoms with Crippen molar-refractivity contribution in [3.63, 3.8) is 0 Å². The van der Waals surface area contributed by atoms with Gasteiger partial charge in [-0.1, -0.05) is 6.07 Å². The maximum Gasteiger partial charge on any atom is 0.387 e. The highest BCUT2D eigenvalue weighted by Crippen LogP contribution is 2.20. The van der Waals surface area contributed by atoms with E-state index < -0.39 is 12.5 Å². The molecule has 27 heavy (non-hydrogen) atoms. The summed E-state index contributed by atoms with van der Waals surface area (Å²) in [7, 11) is 0. The average molecular weight is 375 g/mol. The molecule has 1 aliphatic rings. The van der Waals surface area contributed by atoms with Crippen LogP contribution in [-0.4, -0.2) is 49.5 Å². The maximum atomic E-state index is 12.6. The summed E-state index contributed by atoms with van der Waals surface area (Å²) >= 11 is 0. The lowest BCUT2D eigenvalue weighted by atomic mass is 10.1. The van der Waals surface area contributed by atoms with Crippen molar-refractivity contribution in [3.05, 3.63) is 59.7 Å². The highest BCUT2D eigenvalue weighted by atomic mass is 19.3. The number of primary amides is 1. The smallest absolute Gasteiger partial charge is 0.387 e. The van der Waals surface area contributed by atoms with Gasteiger partial charge in [-0.25, -0.2) is 0 Å². The van der Waals surface area contributed by atoms with E-state index in [1.54, 1.807) is 23.1 Å². The standard InChI is InChI=1S/C19H19F2N3O3/c20-19(21)27-16-3-1-2-14(12-16)18(26)24-10-8-23(9-11-24)15-6-4-13(5-7-15)17(22)25/h1-7,12,19H,8-11H2,(H2,22,25). The molecule has 1 heterocycles. The second-order valence-electron chi connectivity index (χ2n) is 6.10. The number of carbonyl (C=O) groups is 2. The molecule has 0 aliphatic carbocycles. The van der Waals surface area contributed by atoms with E-state index in [1.165, 1.54) is 18.2 Å². The second kappa shape index (κ2) is 8.03. The second-order valence-corrected chi connectivity index (χ2v) is 6.10. The summed E-state index contributed by atoms with van der Waals surface area (Å²) in [6, 6.07) is 12.8. The number of carbonyl (C=O) groups excluding carboxylic acids is 2. The quantitative estimate of drug-likeness (QED) is 0.870. The van der Waals surface area contributed by atoms with Crippen molar-refractivity contribution in [2.24, 2.45) is 5.73 Å². The third kappa shape index (κ3) is 4.52. The van der Waals surface area contributed by atoms with Gasteiger partial charge < -0.3 is 20.3 Å². The van der Waals surface area contributed by atoms with Crippen molar-refractivity contribution in [1.29, 1.82) is 0 Å². The van der Waals surface area contributed by atoms with Gasteiger partial charge in [-0.2, -0.15) is 8.78 Å². The molecule has 0 radical (unpaired) electrons. The number of ether oxygens (including phenoxy) is 1. The molecule has 2 amide bonds. The lowest BCUT2D eigenvalue weighted by molar-refractivity contribution is -0.0499. The van der Waals surface area contributed by atoms with E-state index in [0.29, 0.717) is 37.3 Å². The normalized spacial score (nSPS) is 14.3. The summed E-state index contributed by atoms with van der Waals surface area (Å²) in [6.45, 7) is -0.698. The number of hydrogen-bond acceptors (Lipinski definition) is 4. The van der Waals surface area contributed by atoms with Crippen LogP contribution in [0.2, 0.25) is 0 Å². The molecule has 0 saturated carbocycles. The Labute approximate surface area is 155 Å². The lowest BCUT2D eigenvalue weighted by Crippen LogP contribution is -2.48. The van der Waals surface area contributed by atoms with Crippen molar-refractivity contribution in [3.8, 4) is 5.75 Å². The van der Waals surface area contributed by atoms with Crippen LogP contribution in [0.4, 0.5) is 14.5 Å². The van der Waals surface area contributed by atoms with Crippen LogP contribution in [0.15, 0.2) is 48.5 Å². The molecule has 1 aliphatic heterocycles. The van der Waals surface area contributed by atoms with E-state index >= 15 is 0 Å². The van der Waals surface area contributed by atoms with Crippen LogP contribution in [0.1, 0.15) is 20.7 Å². The summed E-state index contributed by atoms with van der Waals surface area (Å²) in [6.07, 6.45) is 0. The predicted octanol–water partition coefficient (Wildman–Crippen LogP) is 2.35. The van der Waals surface area contributed by atoms with Crippen molar-refractivity contribution in [2.75, 3.05) is 31.1 Å². The first-order valence-electron chi connectivity index (χ1n) is 8.43. The molecular formula is C19H19F2N3O3. The number of benzene rings is 2. The molecule has 8 heteroatoms. The molecule has 2 aromatic rings. The highest BCUT2D eigenvalue weighted by Gasteiger charge is 2.23. The number of nitrogens with two attached hydrogens (primary N) is 1. The fraction of sp³-hybridized carbons (Fsp3) is 0.263. The molecule has 0 spiro atoms. The van der Waals surface area contributed by atoms with Gasteiger partial charge in [0.25, 0.3) is 5.91 Å². The predicted molar refractivity (Wildman–Crippen MR) is 96.2 cm³/mol. The lowest BCUT2D eigenvalue weighted by Gasteiger charge is -2.36. The number of rotatable bonds is 5. The van der Waals surface area contributed by atoms with E-state index in [0.717, 1.165) is 5.69 Å². The van der Waals surface area contributed by atoms with Gasteiger partial charge >= 0.3 is 6.61 Å². The molecule has 2 aromatic carbocycles. The summed E-state index contributed by atoms with van der Waals surface area (Å²) in [5, 5.41) is 0. The monoisotopic (exact) mass is 375 g/mol. The third-order valence-electron chi connectivity index (χ3n) is 4.39. The first-order valence-corrected chi connectivity index (χ1v) is 8.43. The van der Waals surface area contributed by atoms with Gasteiger partial charge in [0, 0.05) is 43.0 Å². The molecular weight excluding hydrogens is 356 g/mol. The number of hydrogen-bond donors (Lipinski definition) is 1. The van der Waals surface area contributed by atoms with Crippen LogP contribution in [0.5, 0.6) is 5.75 Å². The third-order valence-corrected chi connectivity index (χ3v) is 4.39. The van der Waals surface area contributed by atoms with Gasteiger partial charge in [0.15, 0.2) is 0 Å². The number of halogens is 2. The minimum absolute atomic E-state index is 0.0379. The van der Waals surface area contributed by atoms with E-state index in [4.69, 9.17) is 5.73 Å². The Morgan fingerprint density at radius 2 is 1.63 bits per heavy atom. The zero-order valence-electron chi connectivity index (χ0n) is 14.5. The highest BCUT2D eigenvalue weighted by molar-refractivity contribution is 5.95. The van der Waals surface area contributed by atoms with Crippen LogP contribution in [-0.2, 0) is 0 Å². The van der Waals surface area contributed by atoms with Crippen LogP contribution >= 0.6 is 0 Å². The summed E-state index contributed by atoms with van der Waals surface area (Å²) in [5.41, 5.74) is 6.94. The summed E-state index contributed by atoms with van der Waals surface area (Å²) in [4.78, 5) is 27.5. The molecule has 142 valence electrons. The molecule has 2 N–H and O–H groups in total. The maximum absolute atomic E-state index is 12.6. The van der Waals surface area contributed by atoms with Crippen molar-refractivity contribution in [2.45, 2.75) is 6.61 Å². The fourth-order valence-corrected chi connectivity index (χ4v) is 2.99. The first-order chi connectivity index (χ1) is 12.9. The van der Waals surface area contributed by atoms with Gasteiger partial charge in [-0.15, -0.1) is 0 Å². The Morgan fingerprint density at radius 1 is 0.963 bits per heavy atom. The number of piperazine rings is 1. The topological polar surface area (TPSA) is 75.9 Å². The zero-order valence-corrected chi connectivity index (χ0v) is 14.5. The SMILES string of the molecule is NC(=O)c1ccc(N2CCN(C(=O)c3cccc(OC(F)F)c3)CC2)cc1. The Hall–Kier alpha value is -3.16. The van der Waals surface area contributed by atoms with Gasteiger partial charge in [0.2, 0.25) is 5.91 Å². The van der Waals surface area contributed by atoms with Crippen LogP contribution in [0, 0.1) is 0 Å². The van der Waals surface area contributed by atoms with E-state index in [2.05, 4.69) is 9.64 Å². The molecule has 0 aromatic heterocycles. The van der Waals surface area contributed by atoms with Gasteiger partial charge in [0.05, 0.1) is 0 Å². The molecule has 3 rings (SSSR count). The van der Waals surface area contributed by atoms with E-state index in [-0.39, 0.29) is 11.7 Å². The zero-order chi connectivity index (χ0) is 19.4. The number of alkyl halides is 2. The Morgan fingerprint density at radius 3 is 2.22 bits per heavy atom. The van der Waals surface area contributed by atoms with Gasteiger partial charge in [-0.05, 0) is 42.5 Å². The Balaban J connectivity index is 1.61. The Bertz CT molecular complexity index is 819. The number of nitrogens with zero attached hydrogens (tertiary/aromatic N) is 2. The number of anilines is 1. The minimum atomic E-state index is -2.93. The average Bonchev–Trinajstić information content (AvgIpc) is 2.67. The molecule has 1 saturated heterocycles. The molecule has 0 unspecified atom stereocenters. The molecule has 6 nitrogen and oxygen atoms in total. The van der Waals surface area contributed by atoms with Crippen molar-refractivity contribution < 1.29 is 23.1 Å². The fourth-order valence-electron chi connectivity index (χ4n) is 2.99. The largest absolute Gasteiger partial charge is 0.435 e.